The lowest BCUT2D eigenvalue weighted by atomic mass is 10.2. The second-order valence-electron chi connectivity index (χ2n) is 8.84. The zero-order valence-electron chi connectivity index (χ0n) is 22.6. The van der Waals surface area contributed by atoms with E-state index < -0.39 is 21.4 Å². The first kappa shape index (κ1) is 27.8. The third-order valence-electron chi connectivity index (χ3n) is 5.63. The quantitative estimate of drug-likeness (QED) is 0.283. The highest BCUT2D eigenvalue weighted by Crippen LogP contribution is 2.35. The van der Waals surface area contributed by atoms with E-state index in [1.54, 1.807) is 37.1 Å². The summed E-state index contributed by atoms with van der Waals surface area (Å²) in [6, 6.07) is 1.70. The van der Waals surface area contributed by atoms with Crippen molar-refractivity contribution in [2.24, 2.45) is 7.05 Å². The van der Waals surface area contributed by atoms with E-state index in [4.69, 9.17) is 14.2 Å². The molecule has 4 aromatic heterocycles. The van der Waals surface area contributed by atoms with Gasteiger partial charge in [0.05, 0.1) is 37.9 Å². The SMILES string of the molecule is COc1ncnc(OC)c1-n1c(NS(=O)(=O)[C@@H](C)[C@@H](OC(C)C)c2cnc(C)cn2)nnc1-c1ccn(C)n1. The molecular weight excluding hydrogens is 528 g/mol. The van der Waals surface area contributed by atoms with Crippen molar-refractivity contribution in [3.8, 4) is 29.0 Å². The third kappa shape index (κ3) is 5.80. The molecule has 2 atom stereocenters. The molecule has 0 aromatic carbocycles. The summed E-state index contributed by atoms with van der Waals surface area (Å²) in [6.45, 7) is 6.93. The van der Waals surface area contributed by atoms with Gasteiger partial charge < -0.3 is 14.2 Å². The molecule has 0 aliphatic rings. The maximum Gasteiger partial charge on any atom is 0.245 e. The lowest BCUT2D eigenvalue weighted by Gasteiger charge is -2.26. The van der Waals surface area contributed by atoms with Gasteiger partial charge in [0.1, 0.15) is 23.4 Å². The molecule has 4 heterocycles. The molecule has 0 amide bonds. The molecule has 0 radical (unpaired) electrons. The van der Waals surface area contributed by atoms with Crippen molar-refractivity contribution in [1.29, 1.82) is 0 Å². The Morgan fingerprint density at radius 1 is 0.974 bits per heavy atom. The monoisotopic (exact) mass is 558 g/mol. The number of aromatic nitrogens is 9. The molecule has 1 N–H and O–H groups in total. The largest absolute Gasteiger partial charge is 0.479 e. The van der Waals surface area contributed by atoms with Crippen LogP contribution >= 0.6 is 0 Å². The standard InChI is InChI=1S/C23H30N10O5S/c1-13(2)38-19(17-11-24-14(3)10-25-17)15(4)39(34,35)31-23-29-28-20(16-8-9-32(5)30-16)33(23)18-21(36-6)26-12-27-22(18)37-7/h8-13,15,19H,1-7H3,(H,29,31)/t15-,19+/m0/s1. The predicted molar refractivity (Wildman–Crippen MR) is 140 cm³/mol. The van der Waals surface area contributed by atoms with E-state index in [1.165, 1.54) is 38.2 Å². The molecule has 0 spiro atoms. The molecule has 4 aromatic rings. The van der Waals surface area contributed by atoms with Crippen LogP contribution in [0.15, 0.2) is 31.0 Å². The van der Waals surface area contributed by atoms with Crippen LogP contribution in [-0.2, 0) is 21.8 Å². The molecule has 16 heteroatoms. The van der Waals surface area contributed by atoms with Crippen molar-refractivity contribution in [2.75, 3.05) is 18.9 Å². The minimum Gasteiger partial charge on any atom is -0.479 e. The van der Waals surface area contributed by atoms with Crippen LogP contribution in [0.25, 0.3) is 17.2 Å². The Morgan fingerprint density at radius 3 is 2.21 bits per heavy atom. The molecule has 0 unspecified atom stereocenters. The van der Waals surface area contributed by atoms with Gasteiger partial charge in [0, 0.05) is 19.4 Å². The maximum atomic E-state index is 13.8. The number of rotatable bonds is 11. The molecule has 208 valence electrons. The number of anilines is 1. The van der Waals surface area contributed by atoms with Crippen LogP contribution in [0.2, 0.25) is 0 Å². The van der Waals surface area contributed by atoms with Crippen LogP contribution in [0.5, 0.6) is 11.8 Å². The van der Waals surface area contributed by atoms with Crippen molar-refractivity contribution in [1.82, 2.24) is 44.5 Å². The molecule has 15 nitrogen and oxygen atoms in total. The van der Waals surface area contributed by atoms with Crippen LogP contribution < -0.4 is 14.2 Å². The number of ether oxygens (including phenoxy) is 3. The summed E-state index contributed by atoms with van der Waals surface area (Å²) in [7, 11) is 0.408. The predicted octanol–water partition coefficient (Wildman–Crippen LogP) is 1.87. The molecule has 0 aliphatic heterocycles. The average Bonchev–Trinajstić information content (AvgIpc) is 3.52. The zero-order chi connectivity index (χ0) is 28.3. The topological polar surface area (TPSA) is 174 Å². The molecule has 0 bridgehead atoms. The summed E-state index contributed by atoms with van der Waals surface area (Å²) >= 11 is 0. The van der Waals surface area contributed by atoms with E-state index in [-0.39, 0.29) is 35.3 Å². The van der Waals surface area contributed by atoms with Crippen molar-refractivity contribution in [2.45, 2.75) is 45.2 Å². The number of hydrogen-bond donors (Lipinski definition) is 1. The van der Waals surface area contributed by atoms with E-state index in [2.05, 4.69) is 40.0 Å². The van der Waals surface area contributed by atoms with Gasteiger partial charge in [-0.3, -0.25) is 19.4 Å². The number of nitrogens with one attached hydrogen (secondary N) is 1. The van der Waals surface area contributed by atoms with Gasteiger partial charge in [0.25, 0.3) is 0 Å². The Hall–Kier alpha value is -4.18. The summed E-state index contributed by atoms with van der Waals surface area (Å²) in [5, 5.41) is 11.6. The molecule has 0 saturated carbocycles. The van der Waals surface area contributed by atoms with Crippen LogP contribution in [0.4, 0.5) is 5.95 Å². The second kappa shape index (κ2) is 11.3. The van der Waals surface area contributed by atoms with Crippen LogP contribution in [0, 0.1) is 6.92 Å². The first-order chi connectivity index (χ1) is 18.6. The summed E-state index contributed by atoms with van der Waals surface area (Å²) in [5.74, 6) is 0.241. The molecule has 4 rings (SSSR count). The molecule has 39 heavy (non-hydrogen) atoms. The fourth-order valence-corrected chi connectivity index (χ4v) is 4.85. The minimum atomic E-state index is -4.16. The van der Waals surface area contributed by atoms with E-state index in [0.29, 0.717) is 17.1 Å². The summed E-state index contributed by atoms with van der Waals surface area (Å²) in [4.78, 5) is 16.9. The second-order valence-corrected chi connectivity index (χ2v) is 10.9. The molecule has 0 saturated heterocycles. The maximum absolute atomic E-state index is 13.8. The Kier molecular flexibility index (Phi) is 8.06. The lowest BCUT2D eigenvalue weighted by Crippen LogP contribution is -2.34. The minimum absolute atomic E-state index is 0.100. The first-order valence-corrected chi connectivity index (χ1v) is 13.4. The van der Waals surface area contributed by atoms with Crippen LogP contribution in [0.3, 0.4) is 0 Å². The number of aryl methyl sites for hydroxylation is 2. The van der Waals surface area contributed by atoms with Gasteiger partial charge in [-0.05, 0) is 33.8 Å². The molecular formula is C23H30N10O5S. The zero-order valence-corrected chi connectivity index (χ0v) is 23.4. The molecule has 0 fully saturated rings. The Balaban J connectivity index is 1.83. The number of sulfonamides is 1. The summed E-state index contributed by atoms with van der Waals surface area (Å²) in [5.41, 5.74) is 1.66. The number of hydrogen-bond acceptors (Lipinski definition) is 12. The van der Waals surface area contributed by atoms with E-state index in [9.17, 15) is 8.42 Å². The fraction of sp³-hybridized carbons (Fsp3) is 0.435. The van der Waals surface area contributed by atoms with Gasteiger partial charge in [-0.25, -0.2) is 13.0 Å². The van der Waals surface area contributed by atoms with Gasteiger partial charge >= 0.3 is 0 Å². The van der Waals surface area contributed by atoms with Crippen molar-refractivity contribution in [3.63, 3.8) is 0 Å². The van der Waals surface area contributed by atoms with Gasteiger partial charge in [-0.15, -0.1) is 10.2 Å². The first-order valence-electron chi connectivity index (χ1n) is 11.9. The number of methoxy groups -OCH3 is 2. The van der Waals surface area contributed by atoms with Crippen molar-refractivity contribution in [3.05, 3.63) is 42.4 Å². The number of nitrogens with zero attached hydrogens (tertiary/aromatic N) is 9. The molecule has 0 aliphatic carbocycles. The van der Waals surface area contributed by atoms with Gasteiger partial charge in [0.2, 0.25) is 27.7 Å². The van der Waals surface area contributed by atoms with Gasteiger partial charge in [0.15, 0.2) is 11.5 Å². The Morgan fingerprint density at radius 2 is 1.67 bits per heavy atom. The van der Waals surface area contributed by atoms with E-state index in [1.807, 2.05) is 13.8 Å². The van der Waals surface area contributed by atoms with Crippen LogP contribution in [-0.4, -0.2) is 78.5 Å². The summed E-state index contributed by atoms with van der Waals surface area (Å²) < 4.78 is 49.9. The van der Waals surface area contributed by atoms with Crippen LogP contribution in [0.1, 0.15) is 38.3 Å². The van der Waals surface area contributed by atoms with E-state index >= 15 is 0 Å². The highest BCUT2D eigenvalue weighted by atomic mass is 32.2. The van der Waals surface area contributed by atoms with Crippen molar-refractivity contribution < 1.29 is 22.6 Å². The van der Waals surface area contributed by atoms with E-state index in [0.717, 1.165) is 0 Å². The normalized spacial score (nSPS) is 13.3. The highest BCUT2D eigenvalue weighted by molar-refractivity contribution is 7.93. The van der Waals surface area contributed by atoms with Crippen molar-refractivity contribution >= 4 is 16.0 Å². The lowest BCUT2D eigenvalue weighted by molar-refractivity contribution is 0.00394. The Labute approximate surface area is 225 Å². The third-order valence-corrected chi connectivity index (χ3v) is 7.32. The fourth-order valence-electron chi connectivity index (χ4n) is 3.75. The smallest absolute Gasteiger partial charge is 0.245 e. The average molecular weight is 559 g/mol. The summed E-state index contributed by atoms with van der Waals surface area (Å²) in [6.07, 6.45) is 4.83. The van der Waals surface area contributed by atoms with Gasteiger partial charge in [-0.1, -0.05) is 0 Å². The van der Waals surface area contributed by atoms with Gasteiger partial charge in [-0.2, -0.15) is 15.1 Å². The Bertz CT molecular complexity index is 1510. The highest BCUT2D eigenvalue weighted by Gasteiger charge is 2.36.